The van der Waals surface area contributed by atoms with Crippen LogP contribution in [0.25, 0.3) is 0 Å². The molecule has 0 aromatic rings. The van der Waals surface area contributed by atoms with E-state index in [1.807, 2.05) is 0 Å². The summed E-state index contributed by atoms with van der Waals surface area (Å²) in [5.41, 5.74) is 0. The third kappa shape index (κ3) is 264. The van der Waals surface area contributed by atoms with Crippen molar-refractivity contribution in [2.24, 2.45) is 0 Å². The summed E-state index contributed by atoms with van der Waals surface area (Å²) >= 11 is 0. The maximum atomic E-state index is 8.42. The third-order valence-electron chi connectivity index (χ3n) is 0. The number of rotatable bonds is 0. The summed E-state index contributed by atoms with van der Waals surface area (Å²) in [7, 11) is -5.83. The second kappa shape index (κ2) is 17.0. The third-order valence-corrected chi connectivity index (χ3v) is 0. The summed E-state index contributed by atoms with van der Waals surface area (Å²) in [6, 6.07) is 0. The molecule has 0 aliphatic heterocycles. The fourth-order valence-electron chi connectivity index (χ4n) is 0. The van der Waals surface area contributed by atoms with E-state index < -0.39 is 14.6 Å². The van der Waals surface area contributed by atoms with E-state index in [4.69, 9.17) is 30.1 Å². The van der Waals surface area contributed by atoms with Gasteiger partial charge in [-0.15, -0.1) is 0 Å². The molecule has 0 aliphatic carbocycles. The molecule has 0 bridgehead atoms. The minimum Gasteiger partial charge on any atom is -0.907 e. The zero-order chi connectivity index (χ0) is 7.15. The normalized spacial score (nSPS) is 5.40. The molecule has 0 fully saturated rings. The quantitative estimate of drug-likeness (QED) is 0.283. The van der Waals surface area contributed by atoms with E-state index in [0.717, 1.165) is 0 Å². The van der Waals surface area contributed by atoms with Crippen LogP contribution in [0.4, 0.5) is 0 Å². The van der Waals surface area contributed by atoms with Crippen molar-refractivity contribution in [3.8, 4) is 0 Å². The van der Waals surface area contributed by atoms with Crippen molar-refractivity contribution in [2.75, 3.05) is 0 Å². The van der Waals surface area contributed by atoms with Gasteiger partial charge in [-0.2, -0.15) is 0 Å². The first-order valence-electron chi connectivity index (χ1n) is 1.41. The Morgan fingerprint density at radius 2 is 0.500 bits per heavy atom. The van der Waals surface area contributed by atoms with Crippen LogP contribution in [0, 0.1) is 0 Å². The van der Waals surface area contributed by atoms with Crippen LogP contribution in [0.2, 0.25) is 0 Å². The van der Waals surface area contributed by atoms with Crippen LogP contribution in [0.5, 0.6) is 0 Å². The molecule has 6 nitrogen and oxygen atoms in total. The van der Waals surface area contributed by atoms with E-state index in [1.165, 1.54) is 0 Å². The average Bonchev–Trinajstić information content (AvgIpc) is 1.25. The molecule has 0 aromatic carbocycles. The summed E-state index contributed by atoms with van der Waals surface area (Å²) in [5, 5.41) is 50.5. The zero-order valence-electron chi connectivity index (χ0n) is 4.50. The average molecular weight is 536 g/mol. The van der Waals surface area contributed by atoms with Crippen LogP contribution < -0.4 is 30.1 Å². The largest absolute Gasteiger partial charge is 3.00 e. The first-order chi connectivity index (χ1) is 3.46. The van der Waals surface area contributed by atoms with Crippen molar-refractivity contribution >= 4 is 67.0 Å². The predicted molar refractivity (Wildman–Crippen MR) is 23.0 cm³/mol. The van der Waals surface area contributed by atoms with Crippen LogP contribution in [0.3, 0.4) is 0 Å². The predicted octanol–water partition coefficient (Wildman–Crippen LogP) is -8.66. The Morgan fingerprint density at radius 1 is 0.500 bits per heavy atom. The second-order valence-electron chi connectivity index (χ2n) is 0.577. The van der Waals surface area contributed by atoms with Gasteiger partial charge < -0.3 is 30.1 Å². The van der Waals surface area contributed by atoms with Gasteiger partial charge in [0.25, 0.3) is 0 Å². The van der Waals surface area contributed by atoms with Crippen LogP contribution in [-0.4, -0.2) is 67.0 Å². The Kier molecular flexibility index (Phi) is 38.3. The van der Waals surface area contributed by atoms with Crippen molar-refractivity contribution in [2.45, 2.75) is 0 Å². The Bertz CT molecular complexity index is 29.2. The maximum Gasteiger partial charge on any atom is 3.00 e. The van der Waals surface area contributed by atoms with E-state index in [0.29, 0.717) is 0 Å². The van der Waals surface area contributed by atoms with E-state index in [2.05, 4.69) is 0 Å². The first-order valence-corrected chi connectivity index (χ1v) is 1.41. The molecule has 0 aliphatic rings. The smallest absolute Gasteiger partial charge is 0.907 e. The number of hydrogen-bond acceptors (Lipinski definition) is 6. The van der Waals surface area contributed by atoms with Gasteiger partial charge in [0.15, 0.2) is 0 Å². The molecule has 0 spiro atoms. The molecule has 0 saturated heterocycles. The van der Waals surface area contributed by atoms with Crippen molar-refractivity contribution in [3.63, 3.8) is 0 Å². The fourth-order valence-corrected chi connectivity index (χ4v) is 0. The number of hydrogen-bond donors (Lipinski definition) is 0. The van der Waals surface area contributed by atoms with E-state index in [-0.39, 0.29) is 52.4 Å². The topological polar surface area (TPSA) is 138 Å². The van der Waals surface area contributed by atoms with Gasteiger partial charge in [-0.05, 0) is 0 Å². The van der Waals surface area contributed by atoms with Gasteiger partial charge in [0.05, 0.1) is 0 Å². The fraction of sp³-hybridized carbons (Fsp3) is 0. The first kappa shape index (κ1) is 22.6. The monoisotopic (exact) mass is 536 g/mol. The summed E-state index contributed by atoms with van der Waals surface area (Å²) in [6.07, 6.45) is 0. The van der Waals surface area contributed by atoms with Gasteiger partial charge >= 0.3 is 52.4 Å². The van der Waals surface area contributed by atoms with Crippen molar-refractivity contribution in [1.29, 1.82) is 0 Å². The van der Waals surface area contributed by atoms with Crippen LogP contribution in [0.1, 0.15) is 0 Å². The molecular weight excluding hydrogens is 536 g/mol. The molecule has 10 heteroatoms. The van der Waals surface area contributed by atoms with Crippen molar-refractivity contribution in [1.82, 2.24) is 0 Å². The molecule has 0 atom stereocenters. The molecule has 52 valence electrons. The van der Waals surface area contributed by atoms with Crippen LogP contribution in [0.15, 0.2) is 0 Å². The summed E-state index contributed by atoms with van der Waals surface area (Å²) in [6.45, 7) is 0. The molecule has 4 radical (unpaired) electrons. The SMILES string of the molecule is [Bi+3].[Bi+3].[O-]B([O-])[O-].[O-]B([O-])[O-]. The van der Waals surface area contributed by atoms with Crippen molar-refractivity contribution in [3.05, 3.63) is 0 Å². The van der Waals surface area contributed by atoms with Gasteiger partial charge in [-0.1, -0.05) is 0 Å². The van der Waals surface area contributed by atoms with Crippen molar-refractivity contribution < 1.29 is 30.1 Å². The summed E-state index contributed by atoms with van der Waals surface area (Å²) in [5.74, 6) is 0. The van der Waals surface area contributed by atoms with E-state index >= 15 is 0 Å². The molecule has 0 heterocycles. The minimum atomic E-state index is -2.92. The summed E-state index contributed by atoms with van der Waals surface area (Å²) < 4.78 is 0. The Hall–Kier alpha value is 1.66. The molecule has 0 saturated carbocycles. The molecule has 0 rings (SSSR count). The van der Waals surface area contributed by atoms with Gasteiger partial charge in [0.2, 0.25) is 0 Å². The Morgan fingerprint density at radius 3 is 0.500 bits per heavy atom. The zero-order valence-corrected chi connectivity index (χ0v) is 11.5. The van der Waals surface area contributed by atoms with Gasteiger partial charge in [-0.25, -0.2) is 0 Å². The van der Waals surface area contributed by atoms with Crippen LogP contribution in [-0.2, 0) is 0 Å². The molecular formula is B2Bi2O6. The van der Waals surface area contributed by atoms with E-state index in [9.17, 15) is 0 Å². The Balaban J connectivity index is -0.0000000300. The molecule has 10 heavy (non-hydrogen) atoms. The standard InChI is InChI=1S/2BO3.2Bi/c2*2-1(3)4;;/q2*-3;2*+3. The molecule has 0 aromatic heterocycles. The second-order valence-corrected chi connectivity index (χ2v) is 0.577. The van der Waals surface area contributed by atoms with E-state index in [1.54, 1.807) is 0 Å². The Labute approximate surface area is 96.5 Å². The van der Waals surface area contributed by atoms with Crippen LogP contribution >= 0.6 is 0 Å². The molecule has 0 N–H and O–H groups in total. The van der Waals surface area contributed by atoms with Gasteiger partial charge in [0, 0.05) is 0 Å². The molecule has 0 amide bonds. The molecule has 0 unspecified atom stereocenters. The minimum absolute atomic E-state index is 0. The van der Waals surface area contributed by atoms with Gasteiger partial charge in [-0.3, -0.25) is 14.6 Å². The summed E-state index contributed by atoms with van der Waals surface area (Å²) in [4.78, 5) is 0. The maximum absolute atomic E-state index is 8.42. The van der Waals surface area contributed by atoms with Gasteiger partial charge in [0.1, 0.15) is 0 Å².